The van der Waals surface area contributed by atoms with E-state index in [1.165, 1.54) is 4.31 Å². The van der Waals surface area contributed by atoms with Crippen LogP contribution in [0.2, 0.25) is 0 Å². The van der Waals surface area contributed by atoms with Gasteiger partial charge in [0.1, 0.15) is 0 Å². The molecule has 110 valence electrons. The van der Waals surface area contributed by atoms with Crippen molar-refractivity contribution >= 4 is 15.7 Å². The lowest BCUT2D eigenvalue weighted by molar-refractivity contribution is 0.213. The Hall–Kier alpha value is -1.11. The molecule has 1 unspecified atom stereocenters. The van der Waals surface area contributed by atoms with Crippen LogP contribution in [0.5, 0.6) is 0 Å². The number of nitrogens with zero attached hydrogens (tertiary/aromatic N) is 1. The molecule has 0 aliphatic carbocycles. The molecule has 2 heterocycles. The Kier molecular flexibility index (Phi) is 3.70. The molecule has 0 spiro atoms. The van der Waals surface area contributed by atoms with E-state index in [4.69, 9.17) is 0 Å². The van der Waals surface area contributed by atoms with Crippen molar-refractivity contribution in [3.8, 4) is 0 Å². The number of sulfonamides is 1. The summed E-state index contributed by atoms with van der Waals surface area (Å²) < 4.78 is 27.2. The molecule has 6 heteroatoms. The lowest BCUT2D eigenvalue weighted by atomic mass is 10.0. The first-order valence-corrected chi connectivity index (χ1v) is 8.57. The number of hydrogen-bond donors (Lipinski definition) is 2. The van der Waals surface area contributed by atoms with Gasteiger partial charge < -0.3 is 10.4 Å². The van der Waals surface area contributed by atoms with Gasteiger partial charge >= 0.3 is 0 Å². The summed E-state index contributed by atoms with van der Waals surface area (Å²) in [6.07, 6.45) is 3.29. The number of rotatable bonds is 3. The molecule has 2 aliphatic rings. The highest BCUT2D eigenvalue weighted by atomic mass is 32.2. The minimum Gasteiger partial charge on any atom is -0.395 e. The van der Waals surface area contributed by atoms with Crippen molar-refractivity contribution in [3.63, 3.8) is 0 Å². The highest BCUT2D eigenvalue weighted by Crippen LogP contribution is 2.33. The lowest BCUT2D eigenvalue weighted by Gasteiger charge is -2.26. The molecule has 1 saturated heterocycles. The summed E-state index contributed by atoms with van der Waals surface area (Å²) in [6.45, 7) is 1.29. The second-order valence-corrected chi connectivity index (χ2v) is 7.27. The van der Waals surface area contributed by atoms with Crippen LogP contribution < -0.4 is 5.32 Å². The third kappa shape index (κ3) is 2.21. The average molecular weight is 296 g/mol. The molecule has 5 nitrogen and oxygen atoms in total. The number of nitrogens with one attached hydrogen (secondary N) is 1. The Bertz CT molecular complexity index is 600. The first-order chi connectivity index (χ1) is 9.64. The van der Waals surface area contributed by atoms with E-state index in [0.717, 1.165) is 43.5 Å². The van der Waals surface area contributed by atoms with Crippen LogP contribution in [0.4, 0.5) is 5.69 Å². The molecule has 0 amide bonds. The van der Waals surface area contributed by atoms with Crippen molar-refractivity contribution in [2.45, 2.75) is 36.6 Å². The molecule has 2 N–H and O–H groups in total. The summed E-state index contributed by atoms with van der Waals surface area (Å²) in [5.74, 6) is 0. The Morgan fingerprint density at radius 2 is 2.20 bits per heavy atom. The van der Waals surface area contributed by atoms with Gasteiger partial charge in [-0.2, -0.15) is 4.31 Å². The van der Waals surface area contributed by atoms with E-state index < -0.39 is 10.0 Å². The molecule has 1 aromatic carbocycles. The SMILES string of the molecule is O=S(=O)(c1cccc2c1CCCN2)N1CCCC1CO. The largest absolute Gasteiger partial charge is 0.395 e. The van der Waals surface area contributed by atoms with Crippen LogP contribution in [0, 0.1) is 0 Å². The number of anilines is 1. The molecule has 2 aliphatic heterocycles. The summed E-state index contributed by atoms with van der Waals surface area (Å²) in [7, 11) is -3.51. The van der Waals surface area contributed by atoms with Gasteiger partial charge in [-0.1, -0.05) is 6.07 Å². The van der Waals surface area contributed by atoms with Gasteiger partial charge in [-0.3, -0.25) is 0 Å². The Morgan fingerprint density at radius 3 is 3.00 bits per heavy atom. The minimum absolute atomic E-state index is 0.105. The summed E-state index contributed by atoms with van der Waals surface area (Å²) in [5, 5.41) is 12.6. The first kappa shape index (κ1) is 13.9. The Morgan fingerprint density at radius 1 is 1.35 bits per heavy atom. The van der Waals surface area contributed by atoms with E-state index in [1.807, 2.05) is 6.07 Å². The van der Waals surface area contributed by atoms with Gasteiger partial charge in [0.05, 0.1) is 11.5 Å². The zero-order valence-electron chi connectivity index (χ0n) is 11.4. The molecular weight excluding hydrogens is 276 g/mol. The van der Waals surface area contributed by atoms with E-state index in [9.17, 15) is 13.5 Å². The summed E-state index contributed by atoms with van der Waals surface area (Å²) in [4.78, 5) is 0.405. The standard InChI is InChI=1S/C14H20N2O3S/c17-10-11-4-3-9-16(11)20(18,19)14-7-1-6-13-12(14)5-2-8-15-13/h1,6-7,11,15,17H,2-5,8-10H2. The molecule has 20 heavy (non-hydrogen) atoms. The van der Waals surface area contributed by atoms with Crippen LogP contribution in [0.15, 0.2) is 23.1 Å². The fraction of sp³-hybridized carbons (Fsp3) is 0.571. The van der Waals surface area contributed by atoms with Crippen molar-refractivity contribution in [1.29, 1.82) is 0 Å². The van der Waals surface area contributed by atoms with E-state index in [-0.39, 0.29) is 12.6 Å². The van der Waals surface area contributed by atoms with Crippen LogP contribution in [-0.4, -0.2) is 43.6 Å². The fourth-order valence-corrected chi connectivity index (χ4v) is 5.11. The van der Waals surface area contributed by atoms with Crippen LogP contribution >= 0.6 is 0 Å². The number of fused-ring (bicyclic) bond motifs is 1. The average Bonchev–Trinajstić information content (AvgIpc) is 2.96. The summed E-state index contributed by atoms with van der Waals surface area (Å²) in [6, 6.07) is 5.13. The highest BCUT2D eigenvalue weighted by molar-refractivity contribution is 7.89. The van der Waals surface area contributed by atoms with Crippen molar-refractivity contribution < 1.29 is 13.5 Å². The predicted molar refractivity (Wildman–Crippen MR) is 77.3 cm³/mol. The second kappa shape index (κ2) is 5.35. The quantitative estimate of drug-likeness (QED) is 0.879. The molecule has 1 fully saturated rings. The van der Waals surface area contributed by atoms with Crippen molar-refractivity contribution in [3.05, 3.63) is 23.8 Å². The van der Waals surface area contributed by atoms with Gasteiger partial charge in [-0.25, -0.2) is 8.42 Å². The molecule has 0 saturated carbocycles. The number of aliphatic hydroxyl groups is 1. The van der Waals surface area contributed by atoms with Crippen LogP contribution in [0.3, 0.4) is 0 Å². The van der Waals surface area contributed by atoms with Crippen LogP contribution in [0.25, 0.3) is 0 Å². The smallest absolute Gasteiger partial charge is 0.243 e. The fourth-order valence-electron chi connectivity index (χ4n) is 3.15. The van der Waals surface area contributed by atoms with Crippen molar-refractivity contribution in [2.24, 2.45) is 0 Å². The molecule has 3 rings (SSSR count). The normalized spacial score (nSPS) is 23.4. The monoisotopic (exact) mass is 296 g/mol. The molecule has 1 atom stereocenters. The summed E-state index contributed by atoms with van der Waals surface area (Å²) >= 11 is 0. The molecule has 0 radical (unpaired) electrons. The van der Waals surface area contributed by atoms with Gasteiger partial charge in [-0.05, 0) is 43.4 Å². The van der Waals surface area contributed by atoms with Crippen molar-refractivity contribution in [2.75, 3.05) is 25.0 Å². The molecule has 1 aromatic rings. The Labute approximate surface area is 119 Å². The van der Waals surface area contributed by atoms with E-state index in [2.05, 4.69) is 5.32 Å². The van der Waals surface area contributed by atoms with E-state index in [1.54, 1.807) is 12.1 Å². The second-order valence-electron chi connectivity index (χ2n) is 5.41. The van der Waals surface area contributed by atoms with Crippen LogP contribution in [0.1, 0.15) is 24.8 Å². The van der Waals surface area contributed by atoms with Gasteiger partial charge in [0.15, 0.2) is 0 Å². The van der Waals surface area contributed by atoms with E-state index in [0.29, 0.717) is 11.4 Å². The Balaban J connectivity index is 2.03. The minimum atomic E-state index is -3.51. The predicted octanol–water partition coefficient (Wildman–Crippen LogP) is 1.19. The van der Waals surface area contributed by atoms with Gasteiger partial charge in [0.2, 0.25) is 10.0 Å². The highest BCUT2D eigenvalue weighted by Gasteiger charge is 2.36. The van der Waals surface area contributed by atoms with Gasteiger partial charge in [0.25, 0.3) is 0 Å². The topological polar surface area (TPSA) is 69.6 Å². The number of aliphatic hydroxyl groups excluding tert-OH is 1. The van der Waals surface area contributed by atoms with Gasteiger partial charge in [-0.15, -0.1) is 0 Å². The van der Waals surface area contributed by atoms with Crippen LogP contribution in [-0.2, 0) is 16.4 Å². The van der Waals surface area contributed by atoms with E-state index >= 15 is 0 Å². The third-order valence-corrected chi connectivity index (χ3v) is 6.21. The maximum Gasteiger partial charge on any atom is 0.243 e. The maximum atomic E-state index is 12.9. The third-order valence-electron chi connectivity index (χ3n) is 4.17. The zero-order chi connectivity index (χ0) is 14.2. The molecule has 0 bridgehead atoms. The maximum absolute atomic E-state index is 12.9. The van der Waals surface area contributed by atoms with Gasteiger partial charge in [0, 0.05) is 24.8 Å². The first-order valence-electron chi connectivity index (χ1n) is 7.13. The lowest BCUT2D eigenvalue weighted by Crippen LogP contribution is -2.38. The number of benzene rings is 1. The molecule has 0 aromatic heterocycles. The zero-order valence-corrected chi connectivity index (χ0v) is 12.2. The summed E-state index contributed by atoms with van der Waals surface area (Å²) in [5.41, 5.74) is 1.82. The molecular formula is C14H20N2O3S. The number of hydrogen-bond acceptors (Lipinski definition) is 4. The van der Waals surface area contributed by atoms with Crippen molar-refractivity contribution in [1.82, 2.24) is 4.31 Å².